The van der Waals surface area contributed by atoms with E-state index >= 15 is 0 Å². The third-order valence-corrected chi connectivity index (χ3v) is 10.6. The van der Waals surface area contributed by atoms with Crippen molar-refractivity contribution in [3.8, 4) is 0 Å². The first-order chi connectivity index (χ1) is 15.6. The Morgan fingerprint density at radius 1 is 1.06 bits per heavy atom. The Kier molecular flexibility index (Phi) is 7.05. The molecule has 184 valence electrons. The molecule has 0 saturated heterocycles. The fourth-order valence-corrected chi connectivity index (χ4v) is 8.49. The highest BCUT2D eigenvalue weighted by molar-refractivity contribution is 5.66. The molecule has 4 aliphatic rings. The second kappa shape index (κ2) is 9.38. The number of hydrogen-bond acceptors (Lipinski definition) is 2. The van der Waals surface area contributed by atoms with E-state index in [4.69, 9.17) is 4.74 Å². The lowest BCUT2D eigenvalue weighted by molar-refractivity contribution is -0.148. The molecule has 0 aromatic rings. The van der Waals surface area contributed by atoms with E-state index in [-0.39, 0.29) is 17.5 Å². The van der Waals surface area contributed by atoms with Crippen molar-refractivity contribution in [2.75, 3.05) is 0 Å². The Labute approximate surface area is 203 Å². The van der Waals surface area contributed by atoms with E-state index in [9.17, 15) is 4.79 Å². The van der Waals surface area contributed by atoms with Crippen LogP contribution in [0.2, 0.25) is 0 Å². The number of carbonyl (C=O) groups excluding carboxylic acids is 1. The second-order valence-electron chi connectivity index (χ2n) is 12.6. The van der Waals surface area contributed by atoms with Gasteiger partial charge in [-0.2, -0.15) is 0 Å². The lowest BCUT2D eigenvalue weighted by atomic mass is 9.50. The van der Waals surface area contributed by atoms with Crippen LogP contribution in [0, 0.1) is 46.3 Å². The van der Waals surface area contributed by atoms with Gasteiger partial charge in [-0.15, -0.1) is 0 Å². The maximum atomic E-state index is 11.5. The molecule has 4 rings (SSSR count). The average molecular weight is 453 g/mol. The highest BCUT2D eigenvalue weighted by atomic mass is 16.5. The van der Waals surface area contributed by atoms with Gasteiger partial charge in [0.2, 0.25) is 0 Å². The maximum absolute atomic E-state index is 11.5. The van der Waals surface area contributed by atoms with Crippen LogP contribution in [0.25, 0.3) is 0 Å². The van der Waals surface area contributed by atoms with Gasteiger partial charge < -0.3 is 4.74 Å². The molecule has 8 atom stereocenters. The molecule has 0 N–H and O–H groups in total. The van der Waals surface area contributed by atoms with Crippen molar-refractivity contribution in [3.63, 3.8) is 0 Å². The molecule has 2 heteroatoms. The van der Waals surface area contributed by atoms with Crippen molar-refractivity contribution in [2.24, 2.45) is 46.3 Å². The SMILES string of the molecule is CC[C@@H](/C=C/[C@@H](C)[C@H]1CC[C@H]2C3=CC=C4C[C@@H](OC(C)=O)CC[C@]4(C)[C@H]3CC[C@]12C)C(C)C. The summed E-state index contributed by atoms with van der Waals surface area (Å²) in [6.07, 6.45) is 19.9. The Morgan fingerprint density at radius 2 is 1.82 bits per heavy atom. The van der Waals surface area contributed by atoms with Gasteiger partial charge in [-0.1, -0.05) is 77.0 Å². The van der Waals surface area contributed by atoms with Crippen LogP contribution in [0.1, 0.15) is 99.8 Å². The number of ether oxygens (including phenoxy) is 1. The minimum Gasteiger partial charge on any atom is -0.462 e. The summed E-state index contributed by atoms with van der Waals surface area (Å²) in [5, 5.41) is 0. The highest BCUT2D eigenvalue weighted by Crippen LogP contribution is 2.66. The third kappa shape index (κ3) is 4.41. The zero-order valence-corrected chi connectivity index (χ0v) is 22.3. The van der Waals surface area contributed by atoms with Crippen molar-refractivity contribution in [3.05, 3.63) is 35.5 Å². The molecule has 0 aromatic heterocycles. The molecular weight excluding hydrogens is 404 g/mol. The molecule has 0 unspecified atom stereocenters. The summed E-state index contributed by atoms with van der Waals surface area (Å²) in [6, 6.07) is 0. The van der Waals surface area contributed by atoms with Crippen LogP contribution in [0.15, 0.2) is 35.5 Å². The largest absolute Gasteiger partial charge is 0.462 e. The van der Waals surface area contributed by atoms with Crippen LogP contribution in [-0.4, -0.2) is 12.1 Å². The van der Waals surface area contributed by atoms with Gasteiger partial charge in [0.15, 0.2) is 0 Å². The number of hydrogen-bond donors (Lipinski definition) is 0. The minimum absolute atomic E-state index is 0.0758. The maximum Gasteiger partial charge on any atom is 0.302 e. The molecule has 33 heavy (non-hydrogen) atoms. The Bertz CT molecular complexity index is 832. The average Bonchev–Trinajstić information content (AvgIpc) is 3.11. The Morgan fingerprint density at radius 3 is 2.48 bits per heavy atom. The van der Waals surface area contributed by atoms with Crippen LogP contribution in [-0.2, 0) is 9.53 Å². The molecule has 0 spiro atoms. The van der Waals surface area contributed by atoms with Gasteiger partial charge in [0, 0.05) is 13.3 Å². The predicted molar refractivity (Wildman–Crippen MR) is 138 cm³/mol. The van der Waals surface area contributed by atoms with E-state index in [0.717, 1.165) is 37.0 Å². The topological polar surface area (TPSA) is 26.3 Å². The number of carbonyl (C=O) groups is 1. The lowest BCUT2D eigenvalue weighted by Crippen LogP contribution is -2.46. The van der Waals surface area contributed by atoms with Crippen molar-refractivity contribution < 1.29 is 9.53 Å². The summed E-state index contributed by atoms with van der Waals surface area (Å²) in [6.45, 7) is 16.2. The fourth-order valence-electron chi connectivity index (χ4n) is 8.49. The zero-order valence-electron chi connectivity index (χ0n) is 22.3. The molecule has 3 saturated carbocycles. The summed E-state index contributed by atoms with van der Waals surface area (Å²) in [4.78, 5) is 11.5. The normalized spacial score (nSPS) is 39.9. The van der Waals surface area contributed by atoms with Crippen molar-refractivity contribution >= 4 is 5.97 Å². The molecule has 0 amide bonds. The minimum atomic E-state index is -0.136. The fraction of sp³-hybridized carbons (Fsp3) is 0.774. The van der Waals surface area contributed by atoms with Gasteiger partial charge in [0.25, 0.3) is 0 Å². The lowest BCUT2D eigenvalue weighted by Gasteiger charge is -2.55. The second-order valence-corrected chi connectivity index (χ2v) is 12.6. The summed E-state index contributed by atoms with van der Waals surface area (Å²) in [7, 11) is 0. The van der Waals surface area contributed by atoms with Crippen molar-refractivity contribution in [2.45, 2.75) is 106 Å². The first kappa shape index (κ1) is 24.8. The quantitative estimate of drug-likeness (QED) is 0.299. The number of allylic oxidation sites excluding steroid dienone is 5. The first-order valence-corrected chi connectivity index (χ1v) is 13.9. The van der Waals surface area contributed by atoms with Gasteiger partial charge >= 0.3 is 5.97 Å². The summed E-state index contributed by atoms with van der Waals surface area (Å²) < 4.78 is 5.60. The number of esters is 1. The molecule has 0 aromatic carbocycles. The molecule has 0 radical (unpaired) electrons. The summed E-state index contributed by atoms with van der Waals surface area (Å²) >= 11 is 0. The number of fused-ring (bicyclic) bond motifs is 5. The van der Waals surface area contributed by atoms with Gasteiger partial charge in [-0.05, 0) is 91.3 Å². The van der Waals surface area contributed by atoms with Gasteiger partial charge in [0.05, 0.1) is 0 Å². The van der Waals surface area contributed by atoms with Crippen LogP contribution >= 0.6 is 0 Å². The zero-order chi connectivity index (χ0) is 24.0. The van der Waals surface area contributed by atoms with Crippen LogP contribution in [0.4, 0.5) is 0 Å². The summed E-state index contributed by atoms with van der Waals surface area (Å²) in [5.74, 6) is 4.18. The first-order valence-electron chi connectivity index (χ1n) is 13.9. The van der Waals surface area contributed by atoms with E-state index in [0.29, 0.717) is 23.2 Å². The van der Waals surface area contributed by atoms with Gasteiger partial charge in [-0.25, -0.2) is 0 Å². The third-order valence-electron chi connectivity index (χ3n) is 10.6. The Hall–Kier alpha value is -1.31. The Balaban J connectivity index is 1.53. The van der Waals surface area contributed by atoms with Crippen LogP contribution < -0.4 is 0 Å². The number of rotatable bonds is 6. The van der Waals surface area contributed by atoms with Crippen molar-refractivity contribution in [1.82, 2.24) is 0 Å². The summed E-state index contributed by atoms with van der Waals surface area (Å²) in [5.41, 5.74) is 3.98. The monoisotopic (exact) mass is 452 g/mol. The highest BCUT2D eigenvalue weighted by Gasteiger charge is 2.56. The van der Waals surface area contributed by atoms with E-state index in [1.807, 2.05) is 0 Å². The predicted octanol–water partition coefficient (Wildman–Crippen LogP) is 8.29. The van der Waals surface area contributed by atoms with Crippen LogP contribution in [0.5, 0.6) is 0 Å². The molecule has 0 bridgehead atoms. The van der Waals surface area contributed by atoms with E-state index in [1.165, 1.54) is 37.7 Å². The van der Waals surface area contributed by atoms with E-state index in [1.54, 1.807) is 12.5 Å². The van der Waals surface area contributed by atoms with E-state index < -0.39 is 0 Å². The molecule has 0 aliphatic heterocycles. The van der Waals surface area contributed by atoms with E-state index in [2.05, 4.69) is 65.8 Å². The molecule has 4 aliphatic carbocycles. The molecular formula is C31H48O2. The smallest absolute Gasteiger partial charge is 0.302 e. The molecule has 0 heterocycles. The van der Waals surface area contributed by atoms with Gasteiger partial charge in [-0.3, -0.25) is 4.79 Å². The van der Waals surface area contributed by atoms with Crippen molar-refractivity contribution in [1.29, 1.82) is 0 Å². The molecule has 2 nitrogen and oxygen atoms in total. The standard InChI is InChI=1S/C31H48O2/c1-8-23(20(2)3)10-9-21(4)27-13-14-28-26-12-11-24-19-25(33-22(5)32)15-17-30(24,6)29(26)16-18-31(27,28)7/h9-12,20-21,23,25,27-29H,8,13-19H2,1-7H3/b10-9+/t21-,23+,25+,27-,28+,29+,30+,31-/m1/s1. The molecule has 3 fully saturated rings. The van der Waals surface area contributed by atoms with Crippen LogP contribution in [0.3, 0.4) is 0 Å². The van der Waals surface area contributed by atoms with Gasteiger partial charge in [0.1, 0.15) is 6.10 Å².